The molecule has 94 valence electrons. The van der Waals surface area contributed by atoms with Gasteiger partial charge in [0.25, 0.3) is 0 Å². The van der Waals surface area contributed by atoms with Gasteiger partial charge in [0.05, 0.1) is 0 Å². The number of nitrogens with one attached hydrogen (secondary N) is 1. The SMILES string of the molecule is O=C(CC1CCCC1)c1c[nH]c2ncc(Br)cc12. The van der Waals surface area contributed by atoms with E-state index < -0.39 is 0 Å². The maximum absolute atomic E-state index is 12.3. The molecule has 4 heteroatoms. The summed E-state index contributed by atoms with van der Waals surface area (Å²) in [6.45, 7) is 0. The normalized spacial score (nSPS) is 16.5. The minimum Gasteiger partial charge on any atom is -0.345 e. The van der Waals surface area contributed by atoms with Crippen molar-refractivity contribution in [3.63, 3.8) is 0 Å². The van der Waals surface area contributed by atoms with E-state index in [4.69, 9.17) is 0 Å². The summed E-state index contributed by atoms with van der Waals surface area (Å²) in [5.74, 6) is 0.829. The zero-order chi connectivity index (χ0) is 12.5. The Bertz CT molecular complexity index is 584. The van der Waals surface area contributed by atoms with Crippen molar-refractivity contribution < 1.29 is 4.79 Å². The van der Waals surface area contributed by atoms with Gasteiger partial charge in [0.1, 0.15) is 5.65 Å². The van der Waals surface area contributed by atoms with Crippen molar-refractivity contribution in [2.75, 3.05) is 0 Å². The highest BCUT2D eigenvalue weighted by atomic mass is 79.9. The van der Waals surface area contributed by atoms with Crippen LogP contribution in [0.25, 0.3) is 11.0 Å². The van der Waals surface area contributed by atoms with Crippen molar-refractivity contribution >= 4 is 32.7 Å². The van der Waals surface area contributed by atoms with E-state index in [9.17, 15) is 4.79 Å². The number of carbonyl (C=O) groups is 1. The van der Waals surface area contributed by atoms with Crippen molar-refractivity contribution in [2.24, 2.45) is 5.92 Å². The van der Waals surface area contributed by atoms with Crippen LogP contribution in [-0.2, 0) is 0 Å². The Morgan fingerprint density at radius 1 is 1.44 bits per heavy atom. The molecule has 1 fully saturated rings. The number of hydrogen-bond acceptors (Lipinski definition) is 2. The Kier molecular flexibility index (Phi) is 3.20. The van der Waals surface area contributed by atoms with Crippen molar-refractivity contribution in [3.05, 3.63) is 28.5 Å². The number of rotatable bonds is 3. The van der Waals surface area contributed by atoms with Gasteiger partial charge in [-0.25, -0.2) is 4.98 Å². The molecule has 1 saturated carbocycles. The van der Waals surface area contributed by atoms with Crippen LogP contribution in [0.1, 0.15) is 42.5 Å². The van der Waals surface area contributed by atoms with Crippen molar-refractivity contribution in [1.29, 1.82) is 0 Å². The molecule has 0 bridgehead atoms. The fourth-order valence-corrected chi connectivity index (χ4v) is 3.13. The fourth-order valence-electron chi connectivity index (χ4n) is 2.80. The molecule has 0 amide bonds. The van der Waals surface area contributed by atoms with Crippen LogP contribution in [0.4, 0.5) is 0 Å². The molecule has 0 spiro atoms. The van der Waals surface area contributed by atoms with Crippen LogP contribution in [0.15, 0.2) is 22.9 Å². The second kappa shape index (κ2) is 4.84. The second-order valence-electron chi connectivity index (χ2n) is 5.03. The third kappa shape index (κ3) is 2.21. The van der Waals surface area contributed by atoms with Gasteiger partial charge in [-0.1, -0.05) is 25.7 Å². The van der Waals surface area contributed by atoms with Gasteiger partial charge in [-0.3, -0.25) is 4.79 Å². The largest absolute Gasteiger partial charge is 0.345 e. The quantitative estimate of drug-likeness (QED) is 0.868. The first-order valence-electron chi connectivity index (χ1n) is 6.40. The first kappa shape index (κ1) is 11.9. The fraction of sp³-hybridized carbons (Fsp3) is 0.429. The highest BCUT2D eigenvalue weighted by Crippen LogP contribution is 2.30. The lowest BCUT2D eigenvalue weighted by Crippen LogP contribution is -2.05. The van der Waals surface area contributed by atoms with Gasteiger partial charge in [-0.05, 0) is 27.9 Å². The summed E-state index contributed by atoms with van der Waals surface area (Å²) in [5.41, 5.74) is 1.57. The number of aromatic amines is 1. The molecule has 0 aliphatic heterocycles. The molecule has 18 heavy (non-hydrogen) atoms. The van der Waals surface area contributed by atoms with E-state index in [1.165, 1.54) is 25.7 Å². The standard InChI is InChI=1S/C14H15BrN2O/c15-10-6-11-12(8-17-14(11)16-7-10)13(18)5-9-3-1-2-4-9/h6-9H,1-5H2,(H,16,17). The molecule has 2 aromatic rings. The number of Topliss-reactive ketones (excluding diaryl/α,β-unsaturated/α-hetero) is 1. The lowest BCUT2D eigenvalue weighted by Gasteiger charge is -2.06. The summed E-state index contributed by atoms with van der Waals surface area (Å²) in [6.07, 6.45) is 9.18. The van der Waals surface area contributed by atoms with Gasteiger partial charge in [0, 0.05) is 34.2 Å². The van der Waals surface area contributed by atoms with Gasteiger partial charge in [-0.15, -0.1) is 0 Å². The third-order valence-electron chi connectivity index (χ3n) is 3.75. The molecule has 1 aliphatic carbocycles. The van der Waals surface area contributed by atoms with Crippen molar-refractivity contribution in [3.8, 4) is 0 Å². The average molecular weight is 307 g/mol. The summed E-state index contributed by atoms with van der Waals surface area (Å²) >= 11 is 3.40. The van der Waals surface area contributed by atoms with Crippen LogP contribution in [-0.4, -0.2) is 15.8 Å². The highest BCUT2D eigenvalue weighted by molar-refractivity contribution is 9.10. The predicted octanol–water partition coefficient (Wildman–Crippen LogP) is 4.09. The lowest BCUT2D eigenvalue weighted by molar-refractivity contribution is 0.0964. The predicted molar refractivity (Wildman–Crippen MR) is 74.7 cm³/mol. The Morgan fingerprint density at radius 3 is 3.00 bits per heavy atom. The molecule has 0 aromatic carbocycles. The molecule has 0 radical (unpaired) electrons. The Balaban J connectivity index is 1.88. The number of H-pyrrole nitrogens is 1. The molecule has 3 nitrogen and oxygen atoms in total. The molecule has 0 unspecified atom stereocenters. The van der Waals surface area contributed by atoms with Crippen LogP contribution in [0.2, 0.25) is 0 Å². The Morgan fingerprint density at radius 2 is 2.22 bits per heavy atom. The van der Waals surface area contributed by atoms with Crippen LogP contribution < -0.4 is 0 Å². The van der Waals surface area contributed by atoms with Gasteiger partial charge in [0.15, 0.2) is 5.78 Å². The van der Waals surface area contributed by atoms with E-state index in [0.29, 0.717) is 12.3 Å². The van der Waals surface area contributed by atoms with Crippen LogP contribution in [0.5, 0.6) is 0 Å². The number of pyridine rings is 1. The third-order valence-corrected chi connectivity index (χ3v) is 4.18. The average Bonchev–Trinajstić information content (AvgIpc) is 2.97. The van der Waals surface area contributed by atoms with Gasteiger partial charge >= 0.3 is 0 Å². The molecule has 1 N–H and O–H groups in total. The molecule has 2 heterocycles. The number of hydrogen-bond donors (Lipinski definition) is 1. The van der Waals surface area contributed by atoms with Crippen LogP contribution >= 0.6 is 15.9 Å². The first-order chi connectivity index (χ1) is 8.74. The van der Waals surface area contributed by atoms with Crippen molar-refractivity contribution in [2.45, 2.75) is 32.1 Å². The van der Waals surface area contributed by atoms with E-state index in [0.717, 1.165) is 21.1 Å². The van der Waals surface area contributed by atoms with E-state index in [-0.39, 0.29) is 5.78 Å². The molecule has 0 saturated heterocycles. The van der Waals surface area contributed by atoms with E-state index >= 15 is 0 Å². The first-order valence-corrected chi connectivity index (χ1v) is 7.19. The van der Waals surface area contributed by atoms with Crippen molar-refractivity contribution in [1.82, 2.24) is 9.97 Å². The maximum atomic E-state index is 12.3. The number of halogens is 1. The highest BCUT2D eigenvalue weighted by Gasteiger charge is 2.21. The second-order valence-corrected chi connectivity index (χ2v) is 5.95. The van der Waals surface area contributed by atoms with E-state index in [1.54, 1.807) is 12.4 Å². The summed E-state index contributed by atoms with van der Waals surface area (Å²) in [4.78, 5) is 19.7. The topological polar surface area (TPSA) is 45.8 Å². The number of aromatic nitrogens is 2. The minimum absolute atomic E-state index is 0.244. The summed E-state index contributed by atoms with van der Waals surface area (Å²) in [6, 6.07) is 1.96. The number of fused-ring (bicyclic) bond motifs is 1. The zero-order valence-electron chi connectivity index (χ0n) is 10.1. The smallest absolute Gasteiger partial charge is 0.165 e. The monoisotopic (exact) mass is 306 g/mol. The summed E-state index contributed by atoms with van der Waals surface area (Å²) in [7, 11) is 0. The van der Waals surface area contributed by atoms with Gasteiger partial charge in [-0.2, -0.15) is 0 Å². The minimum atomic E-state index is 0.244. The summed E-state index contributed by atoms with van der Waals surface area (Å²) in [5, 5.41) is 0.923. The molecule has 2 aromatic heterocycles. The number of ketones is 1. The van der Waals surface area contributed by atoms with Crippen LogP contribution in [0, 0.1) is 5.92 Å². The molecule has 0 atom stereocenters. The van der Waals surface area contributed by atoms with Crippen LogP contribution in [0.3, 0.4) is 0 Å². The zero-order valence-corrected chi connectivity index (χ0v) is 11.7. The summed E-state index contributed by atoms with van der Waals surface area (Å²) < 4.78 is 0.907. The van der Waals surface area contributed by atoms with E-state index in [1.807, 2.05) is 6.07 Å². The van der Waals surface area contributed by atoms with E-state index in [2.05, 4.69) is 25.9 Å². The molecule has 3 rings (SSSR count). The number of nitrogens with zero attached hydrogens (tertiary/aromatic N) is 1. The molecular formula is C14H15BrN2O. The Labute approximate surface area is 114 Å². The molecular weight excluding hydrogens is 292 g/mol. The van der Waals surface area contributed by atoms with Gasteiger partial charge in [0.2, 0.25) is 0 Å². The van der Waals surface area contributed by atoms with Gasteiger partial charge < -0.3 is 4.98 Å². The number of carbonyl (C=O) groups excluding carboxylic acids is 1. The molecule has 1 aliphatic rings. The lowest BCUT2D eigenvalue weighted by atomic mass is 9.97. The maximum Gasteiger partial charge on any atom is 0.165 e. The Hall–Kier alpha value is -1.16.